The fourth-order valence-electron chi connectivity index (χ4n) is 2.65. The predicted octanol–water partition coefficient (Wildman–Crippen LogP) is 3.60. The maximum Gasteiger partial charge on any atom is 0.132 e. The standard InChI is InChI=1S/C16H22O2/c1-13(17)16-9-7-15(8-10-16)12-18-11-14-5-3-2-4-6-14/h2-6,15-16H,7-12H2,1H3. The molecule has 2 nitrogen and oxygen atoms in total. The molecule has 98 valence electrons. The number of benzene rings is 1. The van der Waals surface area contributed by atoms with E-state index >= 15 is 0 Å². The molecule has 0 spiro atoms. The van der Waals surface area contributed by atoms with Gasteiger partial charge in [0.05, 0.1) is 6.61 Å². The zero-order valence-corrected chi connectivity index (χ0v) is 11.1. The summed E-state index contributed by atoms with van der Waals surface area (Å²) in [6.07, 6.45) is 4.38. The average molecular weight is 246 g/mol. The molecule has 0 N–H and O–H groups in total. The Bertz CT molecular complexity index is 364. The molecule has 0 saturated heterocycles. The monoisotopic (exact) mass is 246 g/mol. The van der Waals surface area contributed by atoms with Crippen molar-refractivity contribution in [3.8, 4) is 0 Å². The Morgan fingerprint density at radius 2 is 1.83 bits per heavy atom. The minimum absolute atomic E-state index is 0.315. The van der Waals surface area contributed by atoms with Gasteiger partial charge < -0.3 is 4.74 Å². The molecule has 0 heterocycles. The first kappa shape index (κ1) is 13.3. The largest absolute Gasteiger partial charge is 0.376 e. The highest BCUT2D eigenvalue weighted by Gasteiger charge is 2.23. The van der Waals surface area contributed by atoms with Crippen molar-refractivity contribution in [2.75, 3.05) is 6.61 Å². The summed E-state index contributed by atoms with van der Waals surface area (Å²) in [7, 11) is 0. The van der Waals surface area contributed by atoms with Crippen LogP contribution in [-0.2, 0) is 16.1 Å². The van der Waals surface area contributed by atoms with Crippen LogP contribution in [0.4, 0.5) is 0 Å². The van der Waals surface area contributed by atoms with Gasteiger partial charge in [-0.25, -0.2) is 0 Å². The summed E-state index contributed by atoms with van der Waals surface area (Å²) in [5.41, 5.74) is 1.23. The van der Waals surface area contributed by atoms with Crippen molar-refractivity contribution >= 4 is 5.78 Å². The van der Waals surface area contributed by atoms with Gasteiger partial charge in [-0.3, -0.25) is 4.79 Å². The van der Waals surface area contributed by atoms with E-state index in [1.165, 1.54) is 5.56 Å². The SMILES string of the molecule is CC(=O)C1CCC(COCc2ccccc2)CC1. The lowest BCUT2D eigenvalue weighted by Gasteiger charge is -2.26. The van der Waals surface area contributed by atoms with Crippen molar-refractivity contribution in [2.45, 2.75) is 39.2 Å². The number of ether oxygens (including phenoxy) is 1. The Morgan fingerprint density at radius 1 is 1.17 bits per heavy atom. The van der Waals surface area contributed by atoms with E-state index in [0.29, 0.717) is 24.2 Å². The maximum atomic E-state index is 11.3. The number of carbonyl (C=O) groups is 1. The molecule has 0 unspecified atom stereocenters. The smallest absolute Gasteiger partial charge is 0.132 e. The highest BCUT2D eigenvalue weighted by Crippen LogP contribution is 2.29. The van der Waals surface area contributed by atoms with E-state index in [0.717, 1.165) is 32.3 Å². The van der Waals surface area contributed by atoms with Crippen LogP contribution in [0, 0.1) is 11.8 Å². The minimum Gasteiger partial charge on any atom is -0.376 e. The lowest BCUT2D eigenvalue weighted by Crippen LogP contribution is -2.22. The molecule has 1 aliphatic rings. The van der Waals surface area contributed by atoms with Gasteiger partial charge >= 0.3 is 0 Å². The summed E-state index contributed by atoms with van der Waals surface area (Å²) < 4.78 is 5.77. The van der Waals surface area contributed by atoms with E-state index in [9.17, 15) is 4.79 Å². The van der Waals surface area contributed by atoms with Gasteiger partial charge in [-0.15, -0.1) is 0 Å². The van der Waals surface area contributed by atoms with Crippen LogP contribution in [0.25, 0.3) is 0 Å². The maximum absolute atomic E-state index is 11.3. The number of hydrogen-bond acceptors (Lipinski definition) is 2. The first-order chi connectivity index (χ1) is 8.75. The molecule has 1 aromatic carbocycles. The van der Waals surface area contributed by atoms with Crippen LogP contribution >= 0.6 is 0 Å². The second-order valence-electron chi connectivity index (χ2n) is 5.33. The van der Waals surface area contributed by atoms with Crippen molar-refractivity contribution in [2.24, 2.45) is 11.8 Å². The van der Waals surface area contributed by atoms with Crippen molar-refractivity contribution < 1.29 is 9.53 Å². The van der Waals surface area contributed by atoms with Gasteiger partial charge in [0.15, 0.2) is 0 Å². The third-order valence-corrected chi connectivity index (χ3v) is 3.89. The second-order valence-corrected chi connectivity index (χ2v) is 5.33. The van der Waals surface area contributed by atoms with Gasteiger partial charge in [0, 0.05) is 12.5 Å². The minimum atomic E-state index is 0.315. The summed E-state index contributed by atoms with van der Waals surface area (Å²) in [5.74, 6) is 1.32. The number of rotatable bonds is 5. The van der Waals surface area contributed by atoms with E-state index in [2.05, 4.69) is 12.1 Å². The number of Topliss-reactive ketones (excluding diaryl/α,β-unsaturated/α-hetero) is 1. The third kappa shape index (κ3) is 3.95. The molecule has 0 aromatic heterocycles. The number of hydrogen-bond donors (Lipinski definition) is 0. The van der Waals surface area contributed by atoms with E-state index < -0.39 is 0 Å². The van der Waals surface area contributed by atoms with Crippen LogP contribution in [0.15, 0.2) is 30.3 Å². The molecule has 0 radical (unpaired) electrons. The topological polar surface area (TPSA) is 26.3 Å². The highest BCUT2D eigenvalue weighted by molar-refractivity contribution is 5.78. The Kier molecular flexibility index (Phi) is 4.94. The lowest BCUT2D eigenvalue weighted by atomic mass is 9.81. The van der Waals surface area contributed by atoms with Crippen molar-refractivity contribution in [3.05, 3.63) is 35.9 Å². The van der Waals surface area contributed by atoms with Crippen LogP contribution in [0.1, 0.15) is 38.2 Å². The Balaban J connectivity index is 1.65. The van der Waals surface area contributed by atoms with Crippen LogP contribution in [0.2, 0.25) is 0 Å². The number of carbonyl (C=O) groups excluding carboxylic acids is 1. The average Bonchev–Trinajstić information content (AvgIpc) is 2.40. The van der Waals surface area contributed by atoms with Crippen molar-refractivity contribution in [3.63, 3.8) is 0 Å². The highest BCUT2D eigenvalue weighted by atomic mass is 16.5. The summed E-state index contributed by atoms with van der Waals surface area (Å²) in [6.45, 7) is 3.25. The van der Waals surface area contributed by atoms with Gasteiger partial charge in [0.2, 0.25) is 0 Å². The number of ketones is 1. The molecule has 2 rings (SSSR count). The first-order valence-electron chi connectivity index (χ1n) is 6.88. The summed E-state index contributed by atoms with van der Waals surface area (Å²) >= 11 is 0. The van der Waals surface area contributed by atoms with Gasteiger partial charge in [0.25, 0.3) is 0 Å². The molecule has 1 saturated carbocycles. The summed E-state index contributed by atoms with van der Waals surface area (Å²) in [5, 5.41) is 0. The van der Waals surface area contributed by atoms with E-state index in [1.54, 1.807) is 6.92 Å². The fourth-order valence-corrected chi connectivity index (χ4v) is 2.65. The predicted molar refractivity (Wildman–Crippen MR) is 72.2 cm³/mol. The van der Waals surface area contributed by atoms with E-state index in [-0.39, 0.29) is 0 Å². The quantitative estimate of drug-likeness (QED) is 0.793. The Labute approximate surface area is 109 Å². The molecule has 0 amide bonds. The van der Waals surface area contributed by atoms with Crippen molar-refractivity contribution in [1.29, 1.82) is 0 Å². The van der Waals surface area contributed by atoms with Crippen LogP contribution in [0.3, 0.4) is 0 Å². The molecule has 0 aliphatic heterocycles. The van der Waals surface area contributed by atoms with Crippen molar-refractivity contribution in [1.82, 2.24) is 0 Å². The molecular weight excluding hydrogens is 224 g/mol. The zero-order chi connectivity index (χ0) is 12.8. The summed E-state index contributed by atoms with van der Waals surface area (Å²) in [4.78, 5) is 11.3. The van der Waals surface area contributed by atoms with E-state index in [4.69, 9.17) is 4.74 Å². The molecule has 1 fully saturated rings. The lowest BCUT2D eigenvalue weighted by molar-refractivity contribution is -0.122. The summed E-state index contributed by atoms with van der Waals surface area (Å²) in [6, 6.07) is 10.3. The van der Waals surface area contributed by atoms with Gasteiger partial charge in [0.1, 0.15) is 5.78 Å². The van der Waals surface area contributed by atoms with Crippen LogP contribution < -0.4 is 0 Å². The zero-order valence-electron chi connectivity index (χ0n) is 11.1. The Morgan fingerprint density at radius 3 is 2.44 bits per heavy atom. The molecule has 18 heavy (non-hydrogen) atoms. The van der Waals surface area contributed by atoms with Gasteiger partial charge in [-0.05, 0) is 44.1 Å². The first-order valence-corrected chi connectivity index (χ1v) is 6.88. The fraction of sp³-hybridized carbons (Fsp3) is 0.562. The van der Waals surface area contributed by atoms with Gasteiger partial charge in [-0.2, -0.15) is 0 Å². The van der Waals surface area contributed by atoms with Crippen LogP contribution in [-0.4, -0.2) is 12.4 Å². The molecule has 0 bridgehead atoms. The molecule has 2 heteroatoms. The molecule has 1 aliphatic carbocycles. The molecular formula is C16H22O2. The Hall–Kier alpha value is -1.15. The second kappa shape index (κ2) is 6.69. The van der Waals surface area contributed by atoms with Crippen LogP contribution in [0.5, 0.6) is 0 Å². The normalized spacial score (nSPS) is 23.8. The van der Waals surface area contributed by atoms with Gasteiger partial charge in [-0.1, -0.05) is 30.3 Å². The molecule has 0 atom stereocenters. The third-order valence-electron chi connectivity index (χ3n) is 3.89. The molecule has 1 aromatic rings. The van der Waals surface area contributed by atoms with E-state index in [1.807, 2.05) is 18.2 Å².